The normalized spacial score (nSPS) is 42.4. The first-order valence-corrected chi connectivity index (χ1v) is 13.4. The molecule has 33 heavy (non-hydrogen) atoms. The summed E-state index contributed by atoms with van der Waals surface area (Å²) in [6.07, 6.45) is 13.4. The Morgan fingerprint density at radius 2 is 1.85 bits per heavy atom. The molecular formula is C29H47NO3. The molecule has 0 spiro atoms. The van der Waals surface area contributed by atoms with E-state index in [9.17, 15) is 10.2 Å². The Balaban J connectivity index is 1.43. The first-order valence-electron chi connectivity index (χ1n) is 13.4. The van der Waals surface area contributed by atoms with Gasteiger partial charge in [-0.25, -0.2) is 0 Å². The number of aliphatic hydroxyl groups is 2. The molecule has 3 saturated carbocycles. The van der Waals surface area contributed by atoms with Crippen LogP contribution in [0.1, 0.15) is 78.6 Å². The molecule has 0 amide bonds. The van der Waals surface area contributed by atoms with E-state index in [1.165, 1.54) is 58.0 Å². The highest BCUT2D eigenvalue weighted by molar-refractivity contribution is 5.29. The number of piperidine rings is 1. The van der Waals surface area contributed by atoms with Crippen LogP contribution >= 0.6 is 0 Å². The first-order chi connectivity index (χ1) is 15.6. The molecule has 4 rings (SSSR count). The molecule has 0 aromatic carbocycles. The maximum atomic E-state index is 10.2. The lowest BCUT2D eigenvalue weighted by atomic mass is 9.61. The second-order valence-electron chi connectivity index (χ2n) is 12.1. The fourth-order valence-corrected chi connectivity index (χ4v) is 7.80. The van der Waals surface area contributed by atoms with Crippen LogP contribution in [0.4, 0.5) is 0 Å². The number of hydrogen-bond acceptors (Lipinski definition) is 4. The van der Waals surface area contributed by atoms with E-state index in [0.717, 1.165) is 18.0 Å². The van der Waals surface area contributed by atoms with E-state index in [4.69, 9.17) is 4.74 Å². The summed E-state index contributed by atoms with van der Waals surface area (Å²) in [6.45, 7) is 14.6. The van der Waals surface area contributed by atoms with Crippen LogP contribution in [-0.2, 0) is 4.74 Å². The number of ether oxygens (including phenoxy) is 1. The largest absolute Gasteiger partial charge is 0.388 e. The van der Waals surface area contributed by atoms with E-state index < -0.39 is 12.2 Å². The summed E-state index contributed by atoms with van der Waals surface area (Å²) in [4.78, 5) is 2.66. The number of allylic oxidation sites excluding steroid dienone is 3. The SMILES string of the molecule is C=C1[C@H](O)CC(=C/C=C2\CCC[C@]3(C)[C@@H](C(C)CN4CCCC(C)(OC)C4)CC[C@@H]23)C[C@H]1O. The van der Waals surface area contributed by atoms with Crippen LogP contribution < -0.4 is 0 Å². The molecule has 4 aliphatic rings. The summed E-state index contributed by atoms with van der Waals surface area (Å²) in [6, 6.07) is 0. The number of methoxy groups -OCH3 is 1. The third kappa shape index (κ3) is 5.19. The van der Waals surface area contributed by atoms with Gasteiger partial charge in [-0.2, -0.15) is 0 Å². The summed E-state index contributed by atoms with van der Waals surface area (Å²) >= 11 is 0. The molecule has 1 saturated heterocycles. The van der Waals surface area contributed by atoms with Crippen molar-refractivity contribution in [1.82, 2.24) is 4.90 Å². The molecule has 1 aliphatic heterocycles. The van der Waals surface area contributed by atoms with Crippen molar-refractivity contribution in [3.8, 4) is 0 Å². The van der Waals surface area contributed by atoms with Crippen LogP contribution in [0.3, 0.4) is 0 Å². The van der Waals surface area contributed by atoms with Gasteiger partial charge < -0.3 is 19.8 Å². The zero-order valence-corrected chi connectivity index (χ0v) is 21.5. The van der Waals surface area contributed by atoms with Crippen molar-refractivity contribution in [3.63, 3.8) is 0 Å². The van der Waals surface area contributed by atoms with Gasteiger partial charge in [0.25, 0.3) is 0 Å². The number of hydrogen-bond donors (Lipinski definition) is 2. The van der Waals surface area contributed by atoms with E-state index in [1.807, 2.05) is 7.11 Å². The van der Waals surface area contributed by atoms with Gasteiger partial charge in [0.05, 0.1) is 17.8 Å². The molecule has 3 aliphatic carbocycles. The maximum absolute atomic E-state index is 10.2. The Hall–Kier alpha value is -0.940. The minimum atomic E-state index is -0.610. The van der Waals surface area contributed by atoms with Crippen LogP contribution in [-0.4, -0.2) is 59.7 Å². The van der Waals surface area contributed by atoms with Crippen LogP contribution in [0.5, 0.6) is 0 Å². The topological polar surface area (TPSA) is 52.9 Å². The lowest BCUT2D eigenvalue weighted by Crippen LogP contribution is -2.49. The molecule has 0 radical (unpaired) electrons. The van der Waals surface area contributed by atoms with Crippen LogP contribution in [0.25, 0.3) is 0 Å². The molecule has 0 bridgehead atoms. The number of nitrogens with zero attached hydrogens (tertiary/aromatic N) is 1. The lowest BCUT2D eigenvalue weighted by molar-refractivity contribution is -0.0571. The molecule has 4 nitrogen and oxygen atoms in total. The minimum absolute atomic E-state index is 0.0148. The van der Waals surface area contributed by atoms with E-state index in [0.29, 0.717) is 35.7 Å². The van der Waals surface area contributed by atoms with Gasteiger partial charge in [0.2, 0.25) is 0 Å². The summed E-state index contributed by atoms with van der Waals surface area (Å²) < 4.78 is 5.84. The molecule has 2 N–H and O–H groups in total. The Morgan fingerprint density at radius 3 is 2.55 bits per heavy atom. The molecule has 0 aromatic rings. The quantitative estimate of drug-likeness (QED) is 0.553. The fourth-order valence-electron chi connectivity index (χ4n) is 7.80. The second kappa shape index (κ2) is 9.97. The standard InChI is InChI=1S/C29H47NO3/c1-20(18-30-15-7-13-28(3,19-30)33-5)24-11-12-25-23(8-6-14-29(24,25)4)10-9-22-16-26(31)21(2)27(32)17-22/h9-10,20,24-27,31-32H,2,6-8,11-19H2,1,3-5H3/b23-10+/t20?,24-,25+,26-,27-,28?,29-/m1/s1. The predicted molar refractivity (Wildman–Crippen MR) is 135 cm³/mol. The van der Waals surface area contributed by atoms with Crippen molar-refractivity contribution in [1.29, 1.82) is 0 Å². The van der Waals surface area contributed by atoms with Crippen molar-refractivity contribution >= 4 is 0 Å². The number of fused-ring (bicyclic) bond motifs is 1. The van der Waals surface area contributed by atoms with Gasteiger partial charge in [-0.15, -0.1) is 0 Å². The van der Waals surface area contributed by atoms with Gasteiger partial charge in [0.15, 0.2) is 0 Å². The van der Waals surface area contributed by atoms with Gasteiger partial charge >= 0.3 is 0 Å². The Kier molecular flexibility index (Phi) is 7.60. The molecule has 186 valence electrons. The Bertz CT molecular complexity index is 772. The fraction of sp³-hybridized carbons (Fsp3) is 0.793. The molecular weight excluding hydrogens is 410 g/mol. The van der Waals surface area contributed by atoms with E-state index in [2.05, 4.69) is 44.4 Å². The molecule has 0 aromatic heterocycles. The van der Waals surface area contributed by atoms with Crippen LogP contribution in [0.2, 0.25) is 0 Å². The number of likely N-dealkylation sites (tertiary alicyclic amines) is 1. The number of aliphatic hydroxyl groups excluding tert-OH is 2. The zero-order valence-electron chi connectivity index (χ0n) is 21.5. The zero-order chi connectivity index (χ0) is 23.8. The summed E-state index contributed by atoms with van der Waals surface area (Å²) in [5.41, 5.74) is 3.72. The average molecular weight is 458 g/mol. The summed E-state index contributed by atoms with van der Waals surface area (Å²) in [5, 5.41) is 20.4. The molecule has 2 unspecified atom stereocenters. The number of rotatable bonds is 5. The van der Waals surface area contributed by atoms with Crippen molar-refractivity contribution in [2.45, 2.75) is 96.4 Å². The van der Waals surface area contributed by atoms with Crippen molar-refractivity contribution in [2.24, 2.45) is 23.2 Å². The highest BCUT2D eigenvalue weighted by Gasteiger charge is 2.51. The predicted octanol–water partition coefficient (Wildman–Crippen LogP) is 5.26. The first kappa shape index (κ1) is 25.2. The third-order valence-corrected chi connectivity index (χ3v) is 9.80. The molecule has 4 fully saturated rings. The van der Waals surface area contributed by atoms with E-state index in [-0.39, 0.29) is 5.60 Å². The molecule has 1 heterocycles. The van der Waals surface area contributed by atoms with Crippen molar-refractivity contribution in [2.75, 3.05) is 26.7 Å². The van der Waals surface area contributed by atoms with Crippen LogP contribution in [0.15, 0.2) is 35.5 Å². The van der Waals surface area contributed by atoms with Gasteiger partial charge in [-0.05, 0) is 100.0 Å². The van der Waals surface area contributed by atoms with Gasteiger partial charge in [-0.1, -0.05) is 43.7 Å². The van der Waals surface area contributed by atoms with Gasteiger partial charge in [-0.3, -0.25) is 0 Å². The molecule has 4 heteroatoms. The Morgan fingerprint density at radius 1 is 1.12 bits per heavy atom. The monoisotopic (exact) mass is 457 g/mol. The minimum Gasteiger partial charge on any atom is -0.388 e. The average Bonchev–Trinajstić information content (AvgIpc) is 3.13. The highest BCUT2D eigenvalue weighted by Crippen LogP contribution is 2.59. The second-order valence-corrected chi connectivity index (χ2v) is 12.1. The van der Waals surface area contributed by atoms with E-state index in [1.54, 1.807) is 5.57 Å². The third-order valence-electron chi connectivity index (χ3n) is 9.80. The summed E-state index contributed by atoms with van der Waals surface area (Å²) in [7, 11) is 1.87. The maximum Gasteiger partial charge on any atom is 0.0809 e. The highest BCUT2D eigenvalue weighted by atomic mass is 16.5. The smallest absolute Gasteiger partial charge is 0.0809 e. The van der Waals surface area contributed by atoms with Crippen molar-refractivity contribution < 1.29 is 14.9 Å². The molecule has 7 atom stereocenters. The lowest BCUT2D eigenvalue weighted by Gasteiger charge is -2.46. The van der Waals surface area contributed by atoms with Gasteiger partial charge in [0, 0.05) is 20.2 Å². The Labute approximate surface area is 201 Å². The summed E-state index contributed by atoms with van der Waals surface area (Å²) in [5.74, 6) is 2.15. The van der Waals surface area contributed by atoms with Crippen LogP contribution in [0, 0.1) is 23.2 Å². The van der Waals surface area contributed by atoms with Gasteiger partial charge in [0.1, 0.15) is 0 Å². The van der Waals surface area contributed by atoms with Crippen molar-refractivity contribution in [3.05, 3.63) is 35.5 Å². The van der Waals surface area contributed by atoms with E-state index >= 15 is 0 Å².